The van der Waals surface area contributed by atoms with Gasteiger partial charge in [-0.15, -0.1) is 0 Å². The summed E-state index contributed by atoms with van der Waals surface area (Å²) in [5, 5.41) is 12.6. The number of aliphatic hydroxyl groups excluding tert-OH is 1. The lowest BCUT2D eigenvalue weighted by atomic mass is 9.81. The fourth-order valence-electron chi connectivity index (χ4n) is 2.25. The minimum absolute atomic E-state index is 0.260. The number of rotatable bonds is 9. The minimum Gasteiger partial charge on any atom is -0.395 e. The van der Waals surface area contributed by atoms with Gasteiger partial charge in [0.1, 0.15) is 0 Å². The summed E-state index contributed by atoms with van der Waals surface area (Å²) in [5.41, 5.74) is 0.381. The zero-order chi connectivity index (χ0) is 12.0. The molecule has 96 valence electrons. The van der Waals surface area contributed by atoms with Crippen LogP contribution in [0.25, 0.3) is 0 Å². The van der Waals surface area contributed by atoms with E-state index < -0.39 is 0 Å². The molecule has 2 N–H and O–H groups in total. The fraction of sp³-hybridized carbons (Fsp3) is 1.00. The molecule has 0 atom stereocenters. The zero-order valence-corrected chi connectivity index (χ0v) is 11.1. The van der Waals surface area contributed by atoms with E-state index >= 15 is 0 Å². The Bertz CT molecular complexity index is 188. The van der Waals surface area contributed by atoms with E-state index in [1.165, 1.54) is 25.7 Å². The number of hydrogen-bond acceptors (Lipinski definition) is 3. The first kappa shape index (κ1) is 13.9. The first-order valence-corrected chi connectivity index (χ1v) is 6.68. The van der Waals surface area contributed by atoms with Crippen molar-refractivity contribution in [3.8, 4) is 0 Å². The van der Waals surface area contributed by atoms with Gasteiger partial charge < -0.3 is 15.3 Å². The van der Waals surface area contributed by atoms with E-state index in [1.807, 2.05) is 0 Å². The van der Waals surface area contributed by atoms with Gasteiger partial charge in [0, 0.05) is 25.7 Å². The Hall–Kier alpha value is -0.120. The molecule has 16 heavy (non-hydrogen) atoms. The topological polar surface area (TPSA) is 35.5 Å². The number of likely N-dealkylation sites (N-methyl/N-ethyl adjacent to an activating group) is 1. The van der Waals surface area contributed by atoms with Crippen LogP contribution in [0, 0.1) is 5.41 Å². The van der Waals surface area contributed by atoms with Crippen LogP contribution in [0.15, 0.2) is 0 Å². The molecule has 1 saturated carbocycles. The largest absolute Gasteiger partial charge is 0.395 e. The van der Waals surface area contributed by atoms with E-state index in [-0.39, 0.29) is 6.61 Å². The van der Waals surface area contributed by atoms with E-state index in [4.69, 9.17) is 5.11 Å². The smallest absolute Gasteiger partial charge is 0.0558 e. The highest BCUT2D eigenvalue weighted by Crippen LogP contribution is 2.28. The van der Waals surface area contributed by atoms with Crippen LogP contribution in [0.3, 0.4) is 0 Å². The molecule has 0 spiro atoms. The average Bonchev–Trinajstić information content (AvgIpc) is 3.08. The summed E-state index contributed by atoms with van der Waals surface area (Å²) in [6.45, 7) is 7.82. The molecule has 0 radical (unpaired) electrons. The molecule has 0 aromatic heterocycles. The predicted octanol–water partition coefficient (Wildman–Crippen LogP) is 1.47. The Labute approximate surface area is 100 Å². The third kappa shape index (κ3) is 4.40. The van der Waals surface area contributed by atoms with Crippen molar-refractivity contribution in [1.82, 2.24) is 10.2 Å². The molecule has 0 bridgehead atoms. The van der Waals surface area contributed by atoms with Crippen LogP contribution >= 0.6 is 0 Å². The molecule has 1 rings (SSSR count). The zero-order valence-electron chi connectivity index (χ0n) is 11.1. The van der Waals surface area contributed by atoms with Crippen LogP contribution in [-0.4, -0.2) is 49.3 Å². The lowest BCUT2D eigenvalue weighted by molar-refractivity contribution is 0.134. The summed E-state index contributed by atoms with van der Waals surface area (Å²) in [5.74, 6) is 0. The Morgan fingerprint density at radius 1 is 1.31 bits per heavy atom. The van der Waals surface area contributed by atoms with Gasteiger partial charge in [0.15, 0.2) is 0 Å². The minimum atomic E-state index is 0.260. The molecule has 1 aliphatic rings. The summed E-state index contributed by atoms with van der Waals surface area (Å²) in [6.07, 6.45) is 5.13. The second-order valence-electron chi connectivity index (χ2n) is 5.32. The SMILES string of the molecule is CCC(CC)(CNC1CC1)CN(C)CCO. The molecule has 1 aliphatic carbocycles. The molecule has 0 saturated heterocycles. The summed E-state index contributed by atoms with van der Waals surface area (Å²) in [7, 11) is 2.10. The molecular weight excluding hydrogens is 200 g/mol. The quantitative estimate of drug-likeness (QED) is 0.627. The highest BCUT2D eigenvalue weighted by Gasteiger charge is 2.30. The second-order valence-corrected chi connectivity index (χ2v) is 5.32. The van der Waals surface area contributed by atoms with Crippen molar-refractivity contribution in [2.75, 3.05) is 33.3 Å². The molecule has 0 aromatic rings. The molecule has 1 fully saturated rings. The third-order valence-corrected chi connectivity index (χ3v) is 3.93. The molecule has 3 nitrogen and oxygen atoms in total. The average molecular weight is 228 g/mol. The summed E-state index contributed by atoms with van der Waals surface area (Å²) in [6, 6.07) is 0.792. The van der Waals surface area contributed by atoms with E-state index in [2.05, 4.69) is 31.1 Å². The predicted molar refractivity (Wildman–Crippen MR) is 68.6 cm³/mol. The van der Waals surface area contributed by atoms with E-state index in [9.17, 15) is 0 Å². The highest BCUT2D eigenvalue weighted by molar-refractivity contribution is 4.88. The van der Waals surface area contributed by atoms with Crippen LogP contribution < -0.4 is 5.32 Å². The Balaban J connectivity index is 2.40. The second kappa shape index (κ2) is 6.58. The van der Waals surface area contributed by atoms with Crippen molar-refractivity contribution >= 4 is 0 Å². The fourth-order valence-corrected chi connectivity index (χ4v) is 2.25. The van der Waals surface area contributed by atoms with Crippen molar-refractivity contribution < 1.29 is 5.11 Å². The van der Waals surface area contributed by atoms with Crippen molar-refractivity contribution in [2.45, 2.75) is 45.6 Å². The molecule has 0 amide bonds. The van der Waals surface area contributed by atoms with Gasteiger partial charge >= 0.3 is 0 Å². The molecular formula is C13H28N2O. The summed E-state index contributed by atoms with van der Waals surface area (Å²) >= 11 is 0. The van der Waals surface area contributed by atoms with Gasteiger partial charge in [-0.25, -0.2) is 0 Å². The van der Waals surface area contributed by atoms with Crippen LogP contribution in [0.4, 0.5) is 0 Å². The van der Waals surface area contributed by atoms with Gasteiger partial charge in [-0.1, -0.05) is 13.8 Å². The molecule has 0 unspecified atom stereocenters. The standard InChI is InChI=1S/C13H28N2O/c1-4-13(5-2,10-14-12-6-7-12)11-15(3)8-9-16/h12,14,16H,4-11H2,1-3H3. The number of nitrogens with one attached hydrogen (secondary N) is 1. The summed E-state index contributed by atoms with van der Waals surface area (Å²) < 4.78 is 0. The maximum absolute atomic E-state index is 8.95. The molecule has 0 aromatic carbocycles. The van der Waals surface area contributed by atoms with Crippen molar-refractivity contribution in [2.24, 2.45) is 5.41 Å². The van der Waals surface area contributed by atoms with E-state index in [0.717, 1.165) is 25.7 Å². The number of aliphatic hydroxyl groups is 1. The first-order valence-electron chi connectivity index (χ1n) is 6.68. The molecule has 3 heteroatoms. The maximum Gasteiger partial charge on any atom is 0.0558 e. The molecule has 0 heterocycles. The van der Waals surface area contributed by atoms with Crippen LogP contribution in [0.5, 0.6) is 0 Å². The number of nitrogens with zero attached hydrogens (tertiary/aromatic N) is 1. The Kier molecular flexibility index (Phi) is 5.73. The molecule has 0 aliphatic heterocycles. The van der Waals surface area contributed by atoms with E-state index in [0.29, 0.717) is 5.41 Å². The van der Waals surface area contributed by atoms with Crippen molar-refractivity contribution in [3.63, 3.8) is 0 Å². The third-order valence-electron chi connectivity index (χ3n) is 3.93. The highest BCUT2D eigenvalue weighted by atomic mass is 16.3. The van der Waals surface area contributed by atoms with Gasteiger partial charge in [-0.2, -0.15) is 0 Å². The maximum atomic E-state index is 8.95. The van der Waals surface area contributed by atoms with Gasteiger partial charge in [0.25, 0.3) is 0 Å². The Morgan fingerprint density at radius 2 is 1.94 bits per heavy atom. The number of hydrogen-bond donors (Lipinski definition) is 2. The van der Waals surface area contributed by atoms with Gasteiger partial charge in [0.2, 0.25) is 0 Å². The van der Waals surface area contributed by atoms with Crippen LogP contribution in [-0.2, 0) is 0 Å². The van der Waals surface area contributed by atoms with Gasteiger partial charge in [0.05, 0.1) is 6.61 Å². The van der Waals surface area contributed by atoms with Gasteiger partial charge in [-0.05, 0) is 38.1 Å². The lowest BCUT2D eigenvalue weighted by Gasteiger charge is -2.36. The summed E-state index contributed by atoms with van der Waals surface area (Å²) in [4.78, 5) is 2.25. The van der Waals surface area contributed by atoms with Crippen LogP contribution in [0.1, 0.15) is 39.5 Å². The van der Waals surface area contributed by atoms with Crippen molar-refractivity contribution in [3.05, 3.63) is 0 Å². The lowest BCUT2D eigenvalue weighted by Crippen LogP contribution is -2.43. The van der Waals surface area contributed by atoms with E-state index in [1.54, 1.807) is 0 Å². The first-order chi connectivity index (χ1) is 7.65. The Morgan fingerprint density at radius 3 is 2.38 bits per heavy atom. The monoisotopic (exact) mass is 228 g/mol. The normalized spacial score (nSPS) is 17.1. The van der Waals surface area contributed by atoms with Crippen molar-refractivity contribution in [1.29, 1.82) is 0 Å². The van der Waals surface area contributed by atoms with Gasteiger partial charge in [-0.3, -0.25) is 0 Å². The van der Waals surface area contributed by atoms with Crippen LogP contribution in [0.2, 0.25) is 0 Å².